The molecule has 0 amide bonds. The standard InChI is InChI=1S/C16H34N4S/c1-19-14-21-16(8-4-5-9-17)13-20-10-6-2-3-7-15(11-18)12-20/h14-16H,2-13,17-18H2,1H3. The van der Waals surface area contributed by atoms with Crippen molar-refractivity contribution in [1.29, 1.82) is 0 Å². The van der Waals surface area contributed by atoms with Crippen molar-refractivity contribution in [2.45, 2.75) is 50.2 Å². The lowest BCUT2D eigenvalue weighted by atomic mass is 9.98. The van der Waals surface area contributed by atoms with E-state index in [1.807, 2.05) is 24.4 Å². The molecular weight excluding hydrogens is 280 g/mol. The largest absolute Gasteiger partial charge is 0.330 e. The maximum Gasteiger partial charge on any atom is 0.0540 e. The molecule has 1 aliphatic heterocycles. The molecule has 4 N–H and O–H groups in total. The van der Waals surface area contributed by atoms with Gasteiger partial charge in [-0.15, -0.1) is 11.8 Å². The van der Waals surface area contributed by atoms with Gasteiger partial charge in [-0.05, 0) is 51.2 Å². The van der Waals surface area contributed by atoms with Gasteiger partial charge in [0.15, 0.2) is 0 Å². The fraction of sp³-hybridized carbons (Fsp3) is 0.938. The van der Waals surface area contributed by atoms with Gasteiger partial charge in [0.05, 0.1) is 5.55 Å². The summed E-state index contributed by atoms with van der Waals surface area (Å²) >= 11 is 1.88. The number of hydrogen-bond donors (Lipinski definition) is 2. The molecule has 0 aromatic heterocycles. The predicted molar refractivity (Wildman–Crippen MR) is 96.2 cm³/mol. The van der Waals surface area contributed by atoms with E-state index < -0.39 is 0 Å². The molecule has 2 atom stereocenters. The zero-order valence-corrected chi connectivity index (χ0v) is 14.5. The predicted octanol–water partition coefficient (Wildman–Crippen LogP) is 2.33. The summed E-state index contributed by atoms with van der Waals surface area (Å²) in [5.41, 5.74) is 13.5. The summed E-state index contributed by atoms with van der Waals surface area (Å²) in [6, 6.07) is 0. The number of likely N-dealkylation sites (tertiary alicyclic amines) is 1. The van der Waals surface area contributed by atoms with Crippen LogP contribution in [0.1, 0.15) is 44.9 Å². The Bertz CT molecular complexity index is 273. The third kappa shape index (κ3) is 8.81. The second-order valence-corrected chi connectivity index (χ2v) is 7.27. The van der Waals surface area contributed by atoms with Crippen molar-refractivity contribution in [3.05, 3.63) is 0 Å². The molecule has 4 nitrogen and oxygen atoms in total. The van der Waals surface area contributed by atoms with Crippen LogP contribution >= 0.6 is 11.8 Å². The molecule has 21 heavy (non-hydrogen) atoms. The van der Waals surface area contributed by atoms with Gasteiger partial charge in [0, 0.05) is 25.4 Å². The van der Waals surface area contributed by atoms with Crippen LogP contribution in [-0.2, 0) is 0 Å². The van der Waals surface area contributed by atoms with Crippen molar-refractivity contribution in [1.82, 2.24) is 4.90 Å². The van der Waals surface area contributed by atoms with Crippen molar-refractivity contribution < 1.29 is 0 Å². The second-order valence-electron chi connectivity index (χ2n) is 6.12. The maximum absolute atomic E-state index is 5.93. The molecule has 1 saturated heterocycles. The highest BCUT2D eigenvalue weighted by atomic mass is 32.2. The molecule has 1 rings (SSSR count). The number of nitrogens with two attached hydrogens (primary N) is 2. The Morgan fingerprint density at radius 2 is 2.14 bits per heavy atom. The first-order valence-electron chi connectivity index (χ1n) is 8.48. The van der Waals surface area contributed by atoms with E-state index in [0.717, 1.165) is 26.1 Å². The molecule has 0 spiro atoms. The smallest absolute Gasteiger partial charge is 0.0540 e. The van der Waals surface area contributed by atoms with E-state index in [1.54, 1.807) is 0 Å². The lowest BCUT2D eigenvalue weighted by molar-refractivity contribution is 0.203. The molecule has 1 fully saturated rings. The van der Waals surface area contributed by atoms with Crippen molar-refractivity contribution in [3.8, 4) is 0 Å². The molecular formula is C16H34N4S. The van der Waals surface area contributed by atoms with Gasteiger partial charge in [0.25, 0.3) is 0 Å². The molecule has 0 aliphatic carbocycles. The summed E-state index contributed by atoms with van der Waals surface area (Å²) in [5, 5.41) is 0.637. The summed E-state index contributed by atoms with van der Waals surface area (Å²) in [6.45, 7) is 5.20. The van der Waals surface area contributed by atoms with E-state index in [2.05, 4.69) is 9.89 Å². The SMILES string of the molecule is CN=CSC(CCCCN)CN1CCCCCC(CN)C1. The summed E-state index contributed by atoms with van der Waals surface area (Å²) < 4.78 is 0. The van der Waals surface area contributed by atoms with Gasteiger partial charge < -0.3 is 16.4 Å². The summed E-state index contributed by atoms with van der Waals surface area (Å²) in [6.07, 6.45) is 8.93. The van der Waals surface area contributed by atoms with Crippen LogP contribution < -0.4 is 11.5 Å². The van der Waals surface area contributed by atoms with Gasteiger partial charge in [0.2, 0.25) is 0 Å². The lowest BCUT2D eigenvalue weighted by Crippen LogP contribution is -2.39. The molecule has 1 aliphatic rings. The molecule has 0 bridgehead atoms. The fourth-order valence-electron chi connectivity index (χ4n) is 3.00. The quantitative estimate of drug-likeness (QED) is 0.389. The maximum atomic E-state index is 5.93. The lowest BCUT2D eigenvalue weighted by Gasteiger charge is -2.31. The van der Waals surface area contributed by atoms with Crippen LogP contribution in [0.15, 0.2) is 4.99 Å². The highest BCUT2D eigenvalue weighted by Gasteiger charge is 2.19. The summed E-state index contributed by atoms with van der Waals surface area (Å²) in [5.74, 6) is 0.680. The van der Waals surface area contributed by atoms with E-state index in [9.17, 15) is 0 Å². The first kappa shape index (κ1) is 18.9. The normalized spacial score (nSPS) is 23.1. The van der Waals surface area contributed by atoms with Gasteiger partial charge in [0.1, 0.15) is 0 Å². The zero-order chi connectivity index (χ0) is 15.3. The van der Waals surface area contributed by atoms with Crippen molar-refractivity contribution in [3.63, 3.8) is 0 Å². The van der Waals surface area contributed by atoms with E-state index in [4.69, 9.17) is 11.5 Å². The van der Waals surface area contributed by atoms with Gasteiger partial charge in [-0.3, -0.25) is 4.99 Å². The highest BCUT2D eigenvalue weighted by Crippen LogP contribution is 2.21. The Morgan fingerprint density at radius 1 is 1.29 bits per heavy atom. The number of rotatable bonds is 9. The minimum Gasteiger partial charge on any atom is -0.330 e. The van der Waals surface area contributed by atoms with Crippen molar-refractivity contribution in [2.75, 3.05) is 39.8 Å². The fourth-order valence-corrected chi connectivity index (χ4v) is 3.90. The molecule has 0 radical (unpaired) electrons. The number of aliphatic imine (C=N–C) groups is 1. The van der Waals surface area contributed by atoms with Crippen LogP contribution in [0.5, 0.6) is 0 Å². The Balaban J connectivity index is 2.47. The minimum atomic E-state index is 0.637. The molecule has 1 heterocycles. The minimum absolute atomic E-state index is 0.637. The number of unbranched alkanes of at least 4 members (excludes halogenated alkanes) is 1. The third-order valence-electron chi connectivity index (χ3n) is 4.24. The van der Waals surface area contributed by atoms with Gasteiger partial charge >= 0.3 is 0 Å². The second kappa shape index (κ2) is 12.4. The van der Waals surface area contributed by atoms with Crippen LogP contribution in [0.3, 0.4) is 0 Å². The van der Waals surface area contributed by atoms with Gasteiger partial charge in [-0.1, -0.05) is 19.3 Å². The molecule has 124 valence electrons. The Kier molecular flexibility index (Phi) is 11.2. The topological polar surface area (TPSA) is 67.6 Å². The first-order chi connectivity index (χ1) is 10.3. The van der Waals surface area contributed by atoms with E-state index in [1.165, 1.54) is 51.6 Å². The molecule has 0 aromatic carbocycles. The van der Waals surface area contributed by atoms with Crippen LogP contribution in [0.2, 0.25) is 0 Å². The highest BCUT2D eigenvalue weighted by molar-refractivity contribution is 8.12. The van der Waals surface area contributed by atoms with Crippen LogP contribution in [-0.4, -0.2) is 55.5 Å². The average Bonchev–Trinajstić information content (AvgIpc) is 2.47. The Labute approximate surface area is 135 Å². The van der Waals surface area contributed by atoms with Crippen LogP contribution in [0, 0.1) is 5.92 Å². The van der Waals surface area contributed by atoms with E-state index in [0.29, 0.717) is 11.2 Å². The third-order valence-corrected chi connectivity index (χ3v) is 5.34. The number of hydrogen-bond acceptors (Lipinski definition) is 5. The van der Waals surface area contributed by atoms with Crippen molar-refractivity contribution in [2.24, 2.45) is 22.4 Å². The average molecular weight is 315 g/mol. The van der Waals surface area contributed by atoms with Gasteiger partial charge in [-0.2, -0.15) is 0 Å². The summed E-state index contributed by atoms with van der Waals surface area (Å²) in [7, 11) is 1.85. The van der Waals surface area contributed by atoms with Gasteiger partial charge in [-0.25, -0.2) is 0 Å². The monoisotopic (exact) mass is 314 g/mol. The number of thioether (sulfide) groups is 1. The molecule has 2 unspecified atom stereocenters. The van der Waals surface area contributed by atoms with E-state index in [-0.39, 0.29) is 0 Å². The Hall–Kier alpha value is -0.100. The molecule has 0 aromatic rings. The molecule has 0 saturated carbocycles. The Morgan fingerprint density at radius 3 is 2.86 bits per heavy atom. The first-order valence-corrected chi connectivity index (χ1v) is 9.43. The van der Waals surface area contributed by atoms with E-state index >= 15 is 0 Å². The van der Waals surface area contributed by atoms with Crippen LogP contribution in [0.25, 0.3) is 0 Å². The summed E-state index contributed by atoms with van der Waals surface area (Å²) in [4.78, 5) is 6.78. The van der Waals surface area contributed by atoms with Crippen LogP contribution in [0.4, 0.5) is 0 Å². The molecule has 5 heteroatoms. The van der Waals surface area contributed by atoms with Crippen molar-refractivity contribution >= 4 is 17.3 Å². The zero-order valence-electron chi connectivity index (χ0n) is 13.7. The number of nitrogens with zero attached hydrogens (tertiary/aromatic N) is 2.